The lowest BCUT2D eigenvalue weighted by Gasteiger charge is -2.11. The second kappa shape index (κ2) is 7.79. The maximum absolute atomic E-state index is 5.48. The average molecular weight is 322 g/mol. The highest BCUT2D eigenvalue weighted by atomic mass is 16.7. The molecule has 24 heavy (non-hydrogen) atoms. The van der Waals surface area contributed by atoms with Gasteiger partial charge in [0.1, 0.15) is 0 Å². The Hall–Kier alpha value is -2.59. The Morgan fingerprint density at radius 2 is 1.83 bits per heavy atom. The van der Waals surface area contributed by atoms with Crippen LogP contribution in [0.2, 0.25) is 0 Å². The predicted molar refractivity (Wildman–Crippen MR) is 98.5 cm³/mol. The first-order chi connectivity index (χ1) is 11.7. The molecule has 0 saturated carbocycles. The van der Waals surface area contributed by atoms with Crippen molar-refractivity contribution in [3.8, 4) is 11.5 Å². The van der Waals surface area contributed by atoms with Crippen LogP contribution in [0.5, 0.6) is 11.5 Å². The van der Waals surface area contributed by atoms with Gasteiger partial charge < -0.3 is 14.4 Å². The first-order valence-corrected chi connectivity index (χ1v) is 8.05. The van der Waals surface area contributed by atoms with Crippen molar-refractivity contribution >= 4 is 18.0 Å². The zero-order valence-electron chi connectivity index (χ0n) is 14.1. The molecule has 4 heteroatoms. The molecule has 3 rings (SSSR count). The van der Waals surface area contributed by atoms with Gasteiger partial charge in [-0.25, -0.2) is 0 Å². The van der Waals surface area contributed by atoms with E-state index in [-0.39, 0.29) is 6.79 Å². The molecule has 0 radical (unpaired) electrons. The van der Waals surface area contributed by atoms with Crippen LogP contribution in [0, 0.1) is 0 Å². The molecule has 0 unspecified atom stereocenters. The average Bonchev–Trinajstić information content (AvgIpc) is 3.04. The van der Waals surface area contributed by atoms with Gasteiger partial charge in [0.15, 0.2) is 11.5 Å². The van der Waals surface area contributed by atoms with E-state index in [9.17, 15) is 0 Å². The molecule has 1 aliphatic heterocycles. The quantitative estimate of drug-likeness (QED) is 0.756. The molecule has 124 valence electrons. The topological polar surface area (TPSA) is 34.1 Å². The second-order valence-electron chi connectivity index (χ2n) is 5.94. The SMILES string of the molecule is CN(C)CCc1cc2c(cc1N=C/C=C\c1ccccc1)OCO2. The van der Waals surface area contributed by atoms with Crippen LogP contribution in [0.4, 0.5) is 5.69 Å². The first-order valence-electron chi connectivity index (χ1n) is 8.05. The molecular weight excluding hydrogens is 300 g/mol. The van der Waals surface area contributed by atoms with Crippen LogP contribution in [-0.4, -0.2) is 38.5 Å². The zero-order valence-corrected chi connectivity index (χ0v) is 14.1. The molecule has 1 aliphatic rings. The van der Waals surface area contributed by atoms with Crippen molar-refractivity contribution in [3.05, 3.63) is 59.7 Å². The maximum Gasteiger partial charge on any atom is 0.231 e. The van der Waals surface area contributed by atoms with Gasteiger partial charge in [0, 0.05) is 18.8 Å². The number of fused-ring (bicyclic) bond motifs is 1. The monoisotopic (exact) mass is 322 g/mol. The van der Waals surface area contributed by atoms with Gasteiger partial charge >= 0.3 is 0 Å². The summed E-state index contributed by atoms with van der Waals surface area (Å²) in [5, 5.41) is 0. The van der Waals surface area contributed by atoms with Crippen LogP contribution in [0.3, 0.4) is 0 Å². The fraction of sp³-hybridized carbons (Fsp3) is 0.250. The molecule has 2 aromatic rings. The largest absolute Gasteiger partial charge is 0.454 e. The Morgan fingerprint density at radius 3 is 2.58 bits per heavy atom. The normalized spacial score (nSPS) is 13.5. The number of hydrogen-bond acceptors (Lipinski definition) is 4. The highest BCUT2D eigenvalue weighted by Gasteiger charge is 2.16. The van der Waals surface area contributed by atoms with E-state index < -0.39 is 0 Å². The van der Waals surface area contributed by atoms with Gasteiger partial charge in [-0.1, -0.05) is 36.4 Å². The number of aliphatic imine (C=N–C) groups is 1. The lowest BCUT2D eigenvalue weighted by Crippen LogP contribution is -2.15. The number of allylic oxidation sites excluding steroid dienone is 1. The standard InChI is InChI=1S/C20H22N2O2/c1-22(2)12-10-17-13-19-20(24-15-23-19)14-18(17)21-11-6-9-16-7-4-3-5-8-16/h3-9,11,13-14H,10,12,15H2,1-2H3/b9-6-,21-11?. The van der Waals surface area contributed by atoms with E-state index in [1.165, 1.54) is 0 Å². The molecule has 0 N–H and O–H groups in total. The van der Waals surface area contributed by atoms with Crippen molar-refractivity contribution in [2.45, 2.75) is 6.42 Å². The van der Waals surface area contributed by atoms with Crippen LogP contribution in [0.1, 0.15) is 11.1 Å². The molecule has 0 aromatic heterocycles. The summed E-state index contributed by atoms with van der Waals surface area (Å²) in [5.74, 6) is 1.57. The molecule has 0 aliphatic carbocycles. The molecule has 0 atom stereocenters. The number of rotatable bonds is 6. The number of likely N-dealkylation sites (N-methyl/N-ethyl adjacent to an activating group) is 1. The smallest absolute Gasteiger partial charge is 0.231 e. The summed E-state index contributed by atoms with van der Waals surface area (Å²) >= 11 is 0. The van der Waals surface area contributed by atoms with Crippen LogP contribution in [0.15, 0.2) is 53.5 Å². The Labute approximate surface area is 143 Å². The van der Waals surface area contributed by atoms with Crippen molar-refractivity contribution in [2.24, 2.45) is 4.99 Å². The lowest BCUT2D eigenvalue weighted by atomic mass is 10.1. The van der Waals surface area contributed by atoms with Gasteiger partial charge in [-0.3, -0.25) is 4.99 Å². The minimum Gasteiger partial charge on any atom is -0.454 e. The van der Waals surface area contributed by atoms with E-state index in [1.807, 2.05) is 48.7 Å². The van der Waals surface area contributed by atoms with Gasteiger partial charge in [0.2, 0.25) is 6.79 Å². The van der Waals surface area contributed by atoms with Crippen molar-refractivity contribution in [1.29, 1.82) is 0 Å². The van der Waals surface area contributed by atoms with E-state index in [1.54, 1.807) is 0 Å². The van der Waals surface area contributed by atoms with Crippen molar-refractivity contribution in [1.82, 2.24) is 4.90 Å². The summed E-state index contributed by atoms with van der Waals surface area (Å²) in [6.07, 6.45) is 6.73. The van der Waals surface area contributed by atoms with E-state index in [4.69, 9.17) is 9.47 Å². The predicted octanol–water partition coefficient (Wildman–Crippen LogP) is 3.94. The van der Waals surface area contributed by atoms with Crippen molar-refractivity contribution in [2.75, 3.05) is 27.4 Å². The highest BCUT2D eigenvalue weighted by Crippen LogP contribution is 2.38. The van der Waals surface area contributed by atoms with Crippen molar-refractivity contribution in [3.63, 3.8) is 0 Å². The van der Waals surface area contributed by atoms with Crippen LogP contribution < -0.4 is 9.47 Å². The minimum absolute atomic E-state index is 0.281. The van der Waals surface area contributed by atoms with E-state index >= 15 is 0 Å². The molecule has 2 aromatic carbocycles. The number of nitrogens with zero attached hydrogens (tertiary/aromatic N) is 2. The highest BCUT2D eigenvalue weighted by molar-refractivity contribution is 5.81. The third-order valence-corrected chi connectivity index (χ3v) is 3.79. The molecule has 0 fully saturated rings. The fourth-order valence-electron chi connectivity index (χ4n) is 2.48. The summed E-state index contributed by atoms with van der Waals surface area (Å²) in [4.78, 5) is 6.77. The van der Waals surface area contributed by atoms with Gasteiger partial charge in [-0.2, -0.15) is 0 Å². The Kier molecular flexibility index (Phi) is 5.29. The summed E-state index contributed by atoms with van der Waals surface area (Å²) in [7, 11) is 4.14. The van der Waals surface area contributed by atoms with Crippen LogP contribution in [-0.2, 0) is 6.42 Å². The van der Waals surface area contributed by atoms with Gasteiger partial charge in [-0.15, -0.1) is 0 Å². The Morgan fingerprint density at radius 1 is 1.08 bits per heavy atom. The third kappa shape index (κ3) is 4.24. The molecule has 4 nitrogen and oxygen atoms in total. The zero-order chi connectivity index (χ0) is 16.8. The number of benzene rings is 2. The summed E-state index contributed by atoms with van der Waals surface area (Å²) in [5.41, 5.74) is 3.25. The molecule has 1 heterocycles. The molecule has 0 amide bonds. The van der Waals surface area contributed by atoms with E-state index in [2.05, 4.69) is 36.1 Å². The van der Waals surface area contributed by atoms with E-state index in [0.717, 1.165) is 41.3 Å². The summed E-state index contributed by atoms with van der Waals surface area (Å²) in [6, 6.07) is 14.2. The third-order valence-electron chi connectivity index (χ3n) is 3.79. The van der Waals surface area contributed by atoms with Gasteiger partial charge in [0.05, 0.1) is 5.69 Å². The van der Waals surface area contributed by atoms with Gasteiger partial charge in [0.25, 0.3) is 0 Å². The molecule has 0 bridgehead atoms. The van der Waals surface area contributed by atoms with E-state index in [0.29, 0.717) is 0 Å². The fourth-order valence-corrected chi connectivity index (χ4v) is 2.48. The minimum atomic E-state index is 0.281. The molecular formula is C20H22N2O2. The summed E-state index contributed by atoms with van der Waals surface area (Å²) < 4.78 is 11.0. The second-order valence-corrected chi connectivity index (χ2v) is 5.94. The summed E-state index contributed by atoms with van der Waals surface area (Å²) in [6.45, 7) is 1.24. The maximum atomic E-state index is 5.48. The van der Waals surface area contributed by atoms with Gasteiger partial charge in [-0.05, 0) is 43.8 Å². The Bertz CT molecular complexity index is 737. The molecule has 0 saturated heterocycles. The lowest BCUT2D eigenvalue weighted by molar-refractivity contribution is 0.174. The molecule has 0 spiro atoms. The Balaban J connectivity index is 1.77. The van der Waals surface area contributed by atoms with Crippen LogP contribution in [0.25, 0.3) is 6.08 Å². The number of hydrogen-bond donors (Lipinski definition) is 0. The first kappa shape index (κ1) is 16.3. The number of ether oxygens (including phenoxy) is 2. The van der Waals surface area contributed by atoms with Crippen molar-refractivity contribution < 1.29 is 9.47 Å². The van der Waals surface area contributed by atoms with Crippen LogP contribution >= 0.6 is 0 Å².